The van der Waals surface area contributed by atoms with E-state index in [9.17, 15) is 39.6 Å². The lowest BCUT2D eigenvalue weighted by molar-refractivity contribution is -0.141. The number of H-pyrrole nitrogens is 1. The summed E-state index contributed by atoms with van der Waals surface area (Å²) in [6.07, 6.45) is -9.16. The molecule has 1 aliphatic carbocycles. The van der Waals surface area contributed by atoms with Crippen molar-refractivity contribution in [2.45, 2.75) is 48.7 Å². The Labute approximate surface area is 179 Å². The van der Waals surface area contributed by atoms with Gasteiger partial charge in [0, 0.05) is 12.0 Å². The molecule has 1 aliphatic rings. The van der Waals surface area contributed by atoms with Crippen LogP contribution in [0.1, 0.15) is 37.9 Å². The molecule has 0 bridgehead atoms. The van der Waals surface area contributed by atoms with Gasteiger partial charge in [0.05, 0.1) is 15.2 Å². The first-order valence-corrected chi connectivity index (χ1v) is 10.9. The van der Waals surface area contributed by atoms with Crippen molar-refractivity contribution in [3.05, 3.63) is 41.6 Å². The predicted molar refractivity (Wildman–Crippen MR) is 101 cm³/mol. The molecule has 0 spiro atoms. The lowest BCUT2D eigenvalue weighted by Gasteiger charge is -2.44. The molecule has 176 valence electrons. The van der Waals surface area contributed by atoms with Crippen LogP contribution in [-0.2, 0) is 27.0 Å². The maximum Gasteiger partial charge on any atom is 0.435 e. The van der Waals surface area contributed by atoms with E-state index in [2.05, 4.69) is 15.5 Å². The van der Waals surface area contributed by atoms with Crippen LogP contribution in [0.2, 0.25) is 0 Å². The van der Waals surface area contributed by atoms with Crippen molar-refractivity contribution in [1.82, 2.24) is 10.2 Å². The molecular weight excluding hydrogens is 464 g/mol. The van der Waals surface area contributed by atoms with Gasteiger partial charge in [-0.3, -0.25) is 9.89 Å². The third-order valence-corrected chi connectivity index (χ3v) is 8.38. The van der Waals surface area contributed by atoms with Crippen molar-refractivity contribution in [3.8, 4) is 0 Å². The number of hydrogen-bond donors (Lipinski definition) is 2. The fourth-order valence-electron chi connectivity index (χ4n) is 3.53. The molecule has 1 saturated carbocycles. The van der Waals surface area contributed by atoms with E-state index < -0.39 is 60.8 Å². The van der Waals surface area contributed by atoms with Crippen molar-refractivity contribution >= 4 is 21.6 Å². The Morgan fingerprint density at radius 3 is 2.22 bits per heavy atom. The monoisotopic (exact) mass is 483 g/mol. The van der Waals surface area contributed by atoms with Gasteiger partial charge in [-0.25, -0.2) is 8.42 Å². The van der Waals surface area contributed by atoms with Crippen molar-refractivity contribution in [2.24, 2.45) is 11.8 Å². The first-order valence-electron chi connectivity index (χ1n) is 9.39. The van der Waals surface area contributed by atoms with Crippen LogP contribution in [0.4, 0.5) is 32.2 Å². The molecule has 32 heavy (non-hydrogen) atoms. The van der Waals surface area contributed by atoms with Crippen LogP contribution in [0.15, 0.2) is 35.2 Å². The second-order valence-electron chi connectivity index (χ2n) is 8.15. The average Bonchev–Trinajstić information content (AvgIpc) is 3.08. The highest BCUT2D eigenvalue weighted by Gasteiger charge is 2.50. The molecule has 0 saturated heterocycles. The molecule has 13 heteroatoms. The number of anilines is 1. The van der Waals surface area contributed by atoms with Gasteiger partial charge in [-0.1, -0.05) is 6.07 Å². The number of carbonyl (C=O) groups excluding carboxylic acids is 1. The quantitative estimate of drug-likeness (QED) is 0.605. The summed E-state index contributed by atoms with van der Waals surface area (Å²) in [5.41, 5.74) is -2.29. The van der Waals surface area contributed by atoms with Crippen LogP contribution < -0.4 is 5.32 Å². The first kappa shape index (κ1) is 24.1. The molecule has 1 heterocycles. The van der Waals surface area contributed by atoms with Crippen LogP contribution in [0.3, 0.4) is 0 Å². The number of aromatic nitrogens is 2. The van der Waals surface area contributed by atoms with E-state index in [1.807, 2.05) is 0 Å². The summed E-state index contributed by atoms with van der Waals surface area (Å²) in [6, 6.07) is 4.09. The maximum atomic E-state index is 13.0. The zero-order valence-corrected chi connectivity index (χ0v) is 17.6. The molecule has 1 aromatic heterocycles. The summed E-state index contributed by atoms with van der Waals surface area (Å²) < 4.78 is 101. The molecule has 1 amide bonds. The third-order valence-electron chi connectivity index (χ3n) is 5.78. The third kappa shape index (κ3) is 4.48. The van der Waals surface area contributed by atoms with Gasteiger partial charge in [0.1, 0.15) is 5.82 Å². The minimum absolute atomic E-state index is 0.108. The van der Waals surface area contributed by atoms with Crippen molar-refractivity contribution in [1.29, 1.82) is 0 Å². The summed E-state index contributed by atoms with van der Waals surface area (Å²) in [7, 11) is -4.18. The van der Waals surface area contributed by atoms with Gasteiger partial charge in [0.2, 0.25) is 5.91 Å². The smallest absolute Gasteiger partial charge is 0.311 e. The topological polar surface area (TPSA) is 91.9 Å². The molecule has 2 aromatic rings. The second kappa shape index (κ2) is 7.78. The van der Waals surface area contributed by atoms with E-state index in [0.717, 1.165) is 18.2 Å². The molecule has 6 nitrogen and oxygen atoms in total. The molecule has 2 N–H and O–H groups in total. The van der Waals surface area contributed by atoms with Crippen molar-refractivity contribution in [2.75, 3.05) is 5.32 Å². The Bertz CT molecular complexity index is 1120. The number of carbonyl (C=O) groups is 1. The normalized spacial score (nSPS) is 20.0. The van der Waals surface area contributed by atoms with Gasteiger partial charge in [0.25, 0.3) is 0 Å². The minimum atomic E-state index is -4.70. The highest BCUT2D eigenvalue weighted by molar-refractivity contribution is 7.92. The summed E-state index contributed by atoms with van der Waals surface area (Å²) in [6.45, 7) is 2.76. The van der Waals surface area contributed by atoms with Crippen LogP contribution in [0, 0.1) is 11.8 Å². The summed E-state index contributed by atoms with van der Waals surface area (Å²) in [4.78, 5) is 11.8. The van der Waals surface area contributed by atoms with E-state index in [0.29, 0.717) is 12.1 Å². The number of nitrogens with one attached hydrogen (secondary N) is 2. The second-order valence-corrected chi connectivity index (χ2v) is 10.7. The van der Waals surface area contributed by atoms with Crippen LogP contribution in [0.25, 0.3) is 0 Å². The van der Waals surface area contributed by atoms with Gasteiger partial charge in [-0.05, 0) is 50.8 Å². The van der Waals surface area contributed by atoms with E-state index in [1.54, 1.807) is 0 Å². The van der Waals surface area contributed by atoms with Crippen LogP contribution in [0.5, 0.6) is 0 Å². The molecule has 1 aromatic carbocycles. The van der Waals surface area contributed by atoms with Crippen molar-refractivity contribution < 1.29 is 39.6 Å². The molecule has 1 fully saturated rings. The summed E-state index contributed by atoms with van der Waals surface area (Å²) >= 11 is 0. The number of rotatable bonds is 5. The summed E-state index contributed by atoms with van der Waals surface area (Å²) in [5, 5.41) is 7.40. The number of nitrogens with zero attached hydrogens (tertiary/aromatic N) is 1. The molecule has 0 radical (unpaired) electrons. The number of halogens is 6. The zero-order valence-electron chi connectivity index (χ0n) is 16.8. The minimum Gasteiger partial charge on any atom is -0.311 e. The van der Waals surface area contributed by atoms with E-state index in [4.69, 9.17) is 0 Å². The molecule has 0 aliphatic heterocycles. The van der Waals surface area contributed by atoms with Crippen LogP contribution in [-0.4, -0.2) is 29.3 Å². The van der Waals surface area contributed by atoms with Gasteiger partial charge in [-0.15, -0.1) is 0 Å². The fraction of sp³-hybridized carbons (Fsp3) is 0.474. The number of aromatic amines is 1. The number of amides is 1. The zero-order chi connectivity index (χ0) is 24.1. The molecule has 3 rings (SSSR count). The summed E-state index contributed by atoms with van der Waals surface area (Å²) in [5.74, 6) is -2.05. The fourth-order valence-corrected chi connectivity index (χ4v) is 5.31. The van der Waals surface area contributed by atoms with Gasteiger partial charge in [0.15, 0.2) is 15.5 Å². The Hall–Kier alpha value is -2.57. The van der Waals surface area contributed by atoms with E-state index >= 15 is 0 Å². The lowest BCUT2D eigenvalue weighted by atomic mass is 9.68. The maximum absolute atomic E-state index is 13.0. The largest absolute Gasteiger partial charge is 0.435 e. The standard InChI is InChI=1S/C19H19F6N3O3S/c1-17(2,32(30,31)13-5-3-4-11(8-13)18(20,21)22)12-6-10(7-12)16(29)26-15-9-14(27-28-15)19(23,24)25/h3-5,8-10,12H,6-7H2,1-2H3,(H2,26,27,28,29). The number of sulfone groups is 1. The first-order chi connectivity index (χ1) is 14.5. The molecular formula is C19H19F6N3O3S. The van der Waals surface area contributed by atoms with Gasteiger partial charge in [-0.2, -0.15) is 31.4 Å². The molecule has 0 unspecified atom stereocenters. The van der Waals surface area contributed by atoms with Crippen molar-refractivity contribution in [3.63, 3.8) is 0 Å². The molecule has 0 atom stereocenters. The Morgan fingerprint density at radius 1 is 1.06 bits per heavy atom. The van der Waals surface area contributed by atoms with E-state index in [1.165, 1.54) is 13.8 Å². The van der Waals surface area contributed by atoms with Crippen LogP contribution >= 0.6 is 0 Å². The SMILES string of the molecule is CC(C)(C1CC(C(=O)Nc2cc(C(F)(F)F)n[nH]2)C1)S(=O)(=O)c1cccc(C(F)(F)F)c1. The lowest BCUT2D eigenvalue weighted by Crippen LogP contribution is -2.49. The Morgan fingerprint density at radius 2 is 1.69 bits per heavy atom. The Kier molecular flexibility index (Phi) is 5.86. The predicted octanol–water partition coefficient (Wildman–Crippen LogP) is 4.66. The Balaban J connectivity index is 1.68. The number of alkyl halides is 6. The van der Waals surface area contributed by atoms with Gasteiger partial charge >= 0.3 is 12.4 Å². The average molecular weight is 483 g/mol. The van der Waals surface area contributed by atoms with E-state index in [-0.39, 0.29) is 18.7 Å². The highest BCUT2D eigenvalue weighted by atomic mass is 32.2. The highest BCUT2D eigenvalue weighted by Crippen LogP contribution is 2.47. The number of hydrogen-bond acceptors (Lipinski definition) is 4. The number of benzene rings is 1. The van der Waals surface area contributed by atoms with Gasteiger partial charge < -0.3 is 5.32 Å².